The molecule has 0 spiro atoms. The smallest absolute Gasteiger partial charge is 0.270 e. The Kier molecular flexibility index (Phi) is 10.8. The lowest BCUT2D eigenvalue weighted by molar-refractivity contribution is 0.0947. The van der Waals surface area contributed by atoms with Crippen molar-refractivity contribution in [3.63, 3.8) is 0 Å². The number of halogens is 3. The number of benzene rings is 1. The van der Waals surface area contributed by atoms with Gasteiger partial charge in [-0.3, -0.25) is 4.79 Å². The van der Waals surface area contributed by atoms with Gasteiger partial charge in [0.25, 0.3) is 5.91 Å². The molecule has 2 aromatic rings. The highest BCUT2D eigenvalue weighted by atomic mass is 35.5. The van der Waals surface area contributed by atoms with Crippen LogP contribution in [0.1, 0.15) is 27.5 Å². The van der Waals surface area contributed by atoms with Crippen molar-refractivity contribution in [2.24, 2.45) is 0 Å². The number of carbonyl (C=O) groups is 1. The Balaban J connectivity index is 0.00000182. The summed E-state index contributed by atoms with van der Waals surface area (Å²) in [6.07, 6.45) is 1.34. The van der Waals surface area contributed by atoms with E-state index in [2.05, 4.69) is 20.5 Å². The molecule has 1 aliphatic heterocycles. The van der Waals surface area contributed by atoms with Crippen LogP contribution in [0.4, 0.5) is 4.39 Å². The van der Waals surface area contributed by atoms with Crippen LogP contribution >= 0.6 is 36.2 Å². The molecule has 9 heteroatoms. The van der Waals surface area contributed by atoms with Gasteiger partial charge in [0.05, 0.1) is 5.01 Å². The largest absolute Gasteiger partial charge is 0.351 e. The van der Waals surface area contributed by atoms with E-state index in [4.69, 9.17) is 0 Å². The van der Waals surface area contributed by atoms with Crippen molar-refractivity contribution in [3.05, 3.63) is 51.7 Å². The number of nitrogens with zero attached hydrogens (tertiary/aromatic N) is 2. The summed E-state index contributed by atoms with van der Waals surface area (Å²) in [5.41, 5.74) is 1.01. The lowest BCUT2D eigenvalue weighted by atomic mass is 10.1. The van der Waals surface area contributed by atoms with Gasteiger partial charge in [-0.2, -0.15) is 0 Å². The van der Waals surface area contributed by atoms with E-state index in [-0.39, 0.29) is 36.5 Å². The van der Waals surface area contributed by atoms with Crippen LogP contribution in [0.2, 0.25) is 0 Å². The second-order valence-electron chi connectivity index (χ2n) is 6.10. The molecule has 2 N–H and O–H groups in total. The molecule has 0 bridgehead atoms. The average molecular weight is 435 g/mol. The second kappa shape index (κ2) is 12.3. The third-order valence-corrected chi connectivity index (χ3v) is 5.08. The third-order valence-electron chi connectivity index (χ3n) is 4.23. The highest BCUT2D eigenvalue weighted by Gasteiger charge is 2.13. The molecule has 0 unspecified atom stereocenters. The molecule has 150 valence electrons. The minimum Gasteiger partial charge on any atom is -0.351 e. The van der Waals surface area contributed by atoms with Crippen molar-refractivity contribution in [2.45, 2.75) is 12.8 Å². The Bertz CT molecular complexity index is 710. The lowest BCUT2D eigenvalue weighted by Crippen LogP contribution is -2.44. The Morgan fingerprint density at radius 2 is 2.00 bits per heavy atom. The number of nitrogens with one attached hydrogen (secondary N) is 2. The molecule has 0 atom stereocenters. The summed E-state index contributed by atoms with van der Waals surface area (Å²) in [6.45, 7) is 5.85. The molecule has 27 heavy (non-hydrogen) atoms. The van der Waals surface area contributed by atoms with Gasteiger partial charge in [0.2, 0.25) is 0 Å². The Morgan fingerprint density at radius 3 is 2.74 bits per heavy atom. The maximum Gasteiger partial charge on any atom is 0.270 e. The number of hydrogen-bond donors (Lipinski definition) is 2. The van der Waals surface area contributed by atoms with Gasteiger partial charge < -0.3 is 15.5 Å². The van der Waals surface area contributed by atoms with E-state index in [1.165, 1.54) is 17.4 Å². The number of aromatic nitrogens is 1. The van der Waals surface area contributed by atoms with Gasteiger partial charge >= 0.3 is 0 Å². The Labute approximate surface area is 175 Å². The second-order valence-corrected chi connectivity index (χ2v) is 7.04. The summed E-state index contributed by atoms with van der Waals surface area (Å²) in [6, 6.07) is 6.65. The first-order valence-corrected chi connectivity index (χ1v) is 9.49. The van der Waals surface area contributed by atoms with E-state index in [0.717, 1.165) is 44.2 Å². The first-order chi connectivity index (χ1) is 12.2. The monoisotopic (exact) mass is 434 g/mol. The van der Waals surface area contributed by atoms with E-state index in [1.54, 1.807) is 23.6 Å². The predicted octanol–water partition coefficient (Wildman–Crippen LogP) is 2.74. The lowest BCUT2D eigenvalue weighted by Gasteiger charge is -2.26. The van der Waals surface area contributed by atoms with Crippen molar-refractivity contribution in [1.29, 1.82) is 0 Å². The van der Waals surface area contributed by atoms with E-state index >= 15 is 0 Å². The van der Waals surface area contributed by atoms with E-state index in [1.807, 2.05) is 0 Å². The molecule has 1 fully saturated rings. The summed E-state index contributed by atoms with van der Waals surface area (Å²) in [7, 11) is 0. The highest BCUT2D eigenvalue weighted by Crippen LogP contribution is 2.17. The molecule has 1 saturated heterocycles. The van der Waals surface area contributed by atoms with Crippen molar-refractivity contribution >= 4 is 42.1 Å². The Morgan fingerprint density at radius 1 is 1.26 bits per heavy atom. The summed E-state index contributed by atoms with van der Waals surface area (Å²) in [5, 5.41) is 8.73. The molecule has 0 saturated carbocycles. The fraction of sp³-hybridized carbons (Fsp3) is 0.444. The van der Waals surface area contributed by atoms with Crippen LogP contribution in [0, 0.1) is 5.82 Å². The van der Waals surface area contributed by atoms with Gasteiger partial charge in [-0.1, -0.05) is 18.2 Å². The van der Waals surface area contributed by atoms with Crippen LogP contribution in [0.15, 0.2) is 29.6 Å². The number of piperazine rings is 1. The van der Waals surface area contributed by atoms with Crippen molar-refractivity contribution in [1.82, 2.24) is 20.5 Å². The summed E-state index contributed by atoms with van der Waals surface area (Å²) >= 11 is 1.39. The first-order valence-electron chi connectivity index (χ1n) is 8.61. The summed E-state index contributed by atoms with van der Waals surface area (Å²) in [5.74, 6) is -0.395. The number of rotatable bonds is 7. The van der Waals surface area contributed by atoms with Crippen molar-refractivity contribution in [2.75, 3.05) is 39.3 Å². The first kappa shape index (κ1) is 23.8. The number of hydrogen-bond acceptors (Lipinski definition) is 5. The molecular formula is C18H25Cl2FN4OS. The number of carbonyl (C=O) groups excluding carboxylic acids is 1. The van der Waals surface area contributed by atoms with Crippen LogP contribution in [0.25, 0.3) is 0 Å². The molecule has 3 rings (SSSR count). The number of amides is 1. The molecular weight excluding hydrogens is 410 g/mol. The normalized spacial score (nSPS) is 14.1. The summed E-state index contributed by atoms with van der Waals surface area (Å²) in [4.78, 5) is 18.9. The van der Waals surface area contributed by atoms with Gasteiger partial charge in [0.15, 0.2) is 0 Å². The van der Waals surface area contributed by atoms with Gasteiger partial charge in [0, 0.05) is 44.5 Å². The minimum atomic E-state index is -0.239. The van der Waals surface area contributed by atoms with Crippen molar-refractivity contribution in [3.8, 4) is 0 Å². The zero-order chi connectivity index (χ0) is 17.5. The quantitative estimate of drug-likeness (QED) is 0.657. The van der Waals surface area contributed by atoms with Gasteiger partial charge in [0.1, 0.15) is 11.5 Å². The minimum absolute atomic E-state index is 0. The highest BCUT2D eigenvalue weighted by molar-refractivity contribution is 7.09. The van der Waals surface area contributed by atoms with Crippen molar-refractivity contribution < 1.29 is 9.18 Å². The van der Waals surface area contributed by atoms with E-state index in [9.17, 15) is 9.18 Å². The van der Waals surface area contributed by atoms with Gasteiger partial charge in [-0.15, -0.1) is 36.2 Å². The van der Waals surface area contributed by atoms with Gasteiger partial charge in [-0.25, -0.2) is 9.37 Å². The zero-order valence-electron chi connectivity index (χ0n) is 14.9. The topological polar surface area (TPSA) is 57.3 Å². The SMILES string of the molecule is Cl.Cl.O=C(NCCCN1CCNCC1)c1csc(Cc2ccccc2F)n1. The van der Waals surface area contributed by atoms with E-state index in [0.29, 0.717) is 24.2 Å². The molecule has 1 aromatic heterocycles. The average Bonchev–Trinajstić information content (AvgIpc) is 3.10. The molecule has 5 nitrogen and oxygen atoms in total. The molecule has 0 aliphatic carbocycles. The van der Waals surface area contributed by atoms with E-state index < -0.39 is 0 Å². The molecule has 2 heterocycles. The fourth-order valence-electron chi connectivity index (χ4n) is 2.83. The maximum atomic E-state index is 13.7. The predicted molar refractivity (Wildman–Crippen MR) is 112 cm³/mol. The molecule has 1 amide bonds. The Hall–Kier alpha value is -1.25. The summed E-state index contributed by atoms with van der Waals surface area (Å²) < 4.78 is 13.7. The molecule has 0 radical (unpaired) electrons. The molecule has 1 aliphatic rings. The maximum absolute atomic E-state index is 13.7. The van der Waals surface area contributed by atoms with Gasteiger partial charge in [-0.05, 0) is 24.6 Å². The van der Waals surface area contributed by atoms with Crippen LogP contribution in [0.5, 0.6) is 0 Å². The number of thiazole rings is 1. The van der Waals surface area contributed by atoms with Crippen LogP contribution in [0.3, 0.4) is 0 Å². The van der Waals surface area contributed by atoms with Crippen LogP contribution in [-0.2, 0) is 6.42 Å². The fourth-order valence-corrected chi connectivity index (χ4v) is 3.63. The zero-order valence-corrected chi connectivity index (χ0v) is 17.4. The third kappa shape index (κ3) is 7.35. The standard InChI is InChI=1S/C18H23FN4OS.2ClH/c19-15-5-2-1-4-14(15)12-17-22-16(13-25-17)18(24)21-6-3-9-23-10-7-20-8-11-23;;/h1-2,4-5,13,20H,3,6-12H2,(H,21,24);2*1H. The van der Waals surface area contributed by atoms with Crippen LogP contribution in [-0.4, -0.2) is 55.1 Å². The van der Waals surface area contributed by atoms with Crippen LogP contribution < -0.4 is 10.6 Å². The molecule has 1 aromatic carbocycles.